The second-order valence-electron chi connectivity index (χ2n) is 4.59. The van der Waals surface area contributed by atoms with Gasteiger partial charge in [0, 0.05) is 5.56 Å². The summed E-state index contributed by atoms with van der Waals surface area (Å²) in [4.78, 5) is 25.2. The number of aromatic amines is 1. The lowest BCUT2D eigenvalue weighted by Crippen LogP contribution is -2.16. The number of carbonyl (C=O) groups excluding carboxylic acids is 1. The summed E-state index contributed by atoms with van der Waals surface area (Å²) in [5.74, 6) is 0.140. The number of benzene rings is 1. The second-order valence-corrected chi connectivity index (χ2v) is 4.59. The van der Waals surface area contributed by atoms with Gasteiger partial charge in [-0.05, 0) is 26.0 Å². The van der Waals surface area contributed by atoms with Crippen LogP contribution in [0.15, 0.2) is 34.2 Å². The van der Waals surface area contributed by atoms with Crippen molar-refractivity contribution in [2.45, 2.75) is 13.8 Å². The van der Waals surface area contributed by atoms with Crippen molar-refractivity contribution in [2.75, 3.05) is 18.6 Å². The van der Waals surface area contributed by atoms with Gasteiger partial charge in [-0.3, -0.25) is 9.78 Å². The van der Waals surface area contributed by atoms with E-state index in [-0.39, 0.29) is 23.8 Å². The summed E-state index contributed by atoms with van der Waals surface area (Å²) in [5.41, 5.74) is 3.12. The minimum atomic E-state index is -0.449. The number of hydrogen-bond acceptors (Lipinski definition) is 8. The summed E-state index contributed by atoms with van der Waals surface area (Å²) in [6.45, 7) is 3.38. The number of H-pyrrole nitrogens is 1. The van der Waals surface area contributed by atoms with E-state index >= 15 is 0 Å². The van der Waals surface area contributed by atoms with Gasteiger partial charge in [-0.15, -0.1) is 10.2 Å². The molecule has 24 heavy (non-hydrogen) atoms. The number of aromatic nitrogens is 3. The van der Waals surface area contributed by atoms with E-state index in [0.717, 1.165) is 0 Å². The van der Waals surface area contributed by atoms with Crippen molar-refractivity contribution in [2.24, 2.45) is 5.10 Å². The van der Waals surface area contributed by atoms with Crippen LogP contribution in [-0.2, 0) is 9.53 Å². The van der Waals surface area contributed by atoms with Crippen molar-refractivity contribution >= 4 is 18.1 Å². The van der Waals surface area contributed by atoms with E-state index in [1.807, 2.05) is 0 Å². The summed E-state index contributed by atoms with van der Waals surface area (Å²) in [6, 6.07) is 7.03. The lowest BCUT2D eigenvalue weighted by molar-refractivity contribution is -0.145. The number of esters is 1. The lowest BCUT2D eigenvalue weighted by atomic mass is 10.2. The average molecular weight is 331 g/mol. The van der Waals surface area contributed by atoms with Gasteiger partial charge in [0.2, 0.25) is 5.95 Å². The Bertz CT molecular complexity index is 787. The molecule has 0 aliphatic rings. The SMILES string of the molecule is CCOC(=O)COc1ccccc1C=NNc1nnc(C)c(=O)[nH]1. The summed E-state index contributed by atoms with van der Waals surface area (Å²) >= 11 is 0. The summed E-state index contributed by atoms with van der Waals surface area (Å²) in [7, 11) is 0. The Labute approximate surface area is 137 Å². The third-order valence-electron chi connectivity index (χ3n) is 2.80. The van der Waals surface area contributed by atoms with Crippen molar-refractivity contribution in [3.63, 3.8) is 0 Å². The van der Waals surface area contributed by atoms with Gasteiger partial charge in [0.1, 0.15) is 11.4 Å². The summed E-state index contributed by atoms with van der Waals surface area (Å²) < 4.78 is 10.2. The van der Waals surface area contributed by atoms with Crippen LogP contribution in [0.3, 0.4) is 0 Å². The number of nitrogens with zero attached hydrogens (tertiary/aromatic N) is 3. The van der Waals surface area contributed by atoms with E-state index < -0.39 is 5.97 Å². The number of carbonyl (C=O) groups is 1. The molecule has 0 aliphatic carbocycles. The van der Waals surface area contributed by atoms with E-state index in [4.69, 9.17) is 9.47 Å². The maximum atomic E-state index is 11.4. The van der Waals surface area contributed by atoms with Crippen LogP contribution >= 0.6 is 0 Å². The third-order valence-corrected chi connectivity index (χ3v) is 2.80. The summed E-state index contributed by atoms with van der Waals surface area (Å²) in [5, 5.41) is 11.4. The molecule has 0 unspecified atom stereocenters. The Morgan fingerprint density at radius 2 is 2.17 bits per heavy atom. The molecule has 1 aromatic heterocycles. The predicted octanol–water partition coefficient (Wildman–Crippen LogP) is 0.861. The van der Waals surface area contributed by atoms with Crippen LogP contribution in [0.25, 0.3) is 0 Å². The molecule has 2 aromatic rings. The van der Waals surface area contributed by atoms with Gasteiger partial charge in [-0.2, -0.15) is 5.10 Å². The largest absolute Gasteiger partial charge is 0.481 e. The van der Waals surface area contributed by atoms with E-state index in [1.165, 1.54) is 6.21 Å². The molecule has 0 aliphatic heterocycles. The molecule has 9 nitrogen and oxygen atoms in total. The van der Waals surface area contributed by atoms with Crippen molar-refractivity contribution < 1.29 is 14.3 Å². The van der Waals surface area contributed by atoms with Gasteiger partial charge < -0.3 is 9.47 Å². The molecule has 2 rings (SSSR count). The molecule has 0 saturated heterocycles. The maximum absolute atomic E-state index is 11.4. The Balaban J connectivity index is 2.02. The molecular weight excluding hydrogens is 314 g/mol. The quantitative estimate of drug-likeness (QED) is 0.439. The fourth-order valence-electron chi connectivity index (χ4n) is 1.66. The molecule has 0 bridgehead atoms. The van der Waals surface area contributed by atoms with Gasteiger partial charge in [-0.25, -0.2) is 10.2 Å². The Morgan fingerprint density at radius 1 is 1.38 bits per heavy atom. The topological polar surface area (TPSA) is 119 Å². The minimum absolute atomic E-state index is 0.117. The highest BCUT2D eigenvalue weighted by Gasteiger charge is 2.06. The molecular formula is C15H17N5O4. The molecule has 9 heteroatoms. The smallest absolute Gasteiger partial charge is 0.344 e. The first-order valence-electron chi connectivity index (χ1n) is 7.20. The molecule has 0 radical (unpaired) electrons. The molecule has 1 heterocycles. The fourth-order valence-corrected chi connectivity index (χ4v) is 1.66. The predicted molar refractivity (Wildman–Crippen MR) is 87.2 cm³/mol. The molecule has 126 valence electrons. The number of aryl methyl sites for hydroxylation is 1. The number of ether oxygens (including phenoxy) is 2. The van der Waals surface area contributed by atoms with Crippen LogP contribution in [0.5, 0.6) is 5.75 Å². The zero-order valence-electron chi connectivity index (χ0n) is 13.3. The highest BCUT2D eigenvalue weighted by atomic mass is 16.6. The molecule has 0 amide bonds. The zero-order valence-corrected chi connectivity index (χ0v) is 13.3. The standard InChI is InChI=1S/C15H17N5O4/c1-3-23-13(21)9-24-12-7-5-4-6-11(12)8-16-19-15-17-14(22)10(2)18-20-15/h4-8H,3,9H2,1-2H3,(H2,17,19,20,22). The number of para-hydroxylation sites is 1. The molecule has 0 atom stereocenters. The second kappa shape index (κ2) is 8.42. The van der Waals surface area contributed by atoms with Crippen molar-refractivity contribution in [1.29, 1.82) is 0 Å². The van der Waals surface area contributed by atoms with Gasteiger partial charge in [-0.1, -0.05) is 12.1 Å². The number of rotatable bonds is 7. The fraction of sp³-hybridized carbons (Fsp3) is 0.267. The van der Waals surface area contributed by atoms with Crippen molar-refractivity contribution in [3.05, 3.63) is 45.9 Å². The molecule has 0 fully saturated rings. The Morgan fingerprint density at radius 3 is 2.92 bits per heavy atom. The van der Waals surface area contributed by atoms with E-state index in [2.05, 4.69) is 25.7 Å². The highest BCUT2D eigenvalue weighted by Crippen LogP contribution is 2.15. The molecule has 0 saturated carbocycles. The van der Waals surface area contributed by atoms with E-state index in [1.54, 1.807) is 38.1 Å². The van der Waals surface area contributed by atoms with Crippen LogP contribution in [0.2, 0.25) is 0 Å². The monoisotopic (exact) mass is 331 g/mol. The zero-order chi connectivity index (χ0) is 17.4. The van der Waals surface area contributed by atoms with Crippen LogP contribution in [0, 0.1) is 6.92 Å². The molecule has 2 N–H and O–H groups in total. The summed E-state index contributed by atoms with van der Waals surface area (Å²) in [6.07, 6.45) is 1.47. The first-order chi connectivity index (χ1) is 11.6. The van der Waals surface area contributed by atoms with Gasteiger partial charge >= 0.3 is 5.97 Å². The maximum Gasteiger partial charge on any atom is 0.344 e. The van der Waals surface area contributed by atoms with E-state index in [9.17, 15) is 9.59 Å². The lowest BCUT2D eigenvalue weighted by Gasteiger charge is -2.08. The third kappa shape index (κ3) is 4.90. The van der Waals surface area contributed by atoms with Crippen LogP contribution in [-0.4, -0.2) is 40.6 Å². The first kappa shape index (κ1) is 17.1. The number of hydrazone groups is 1. The van der Waals surface area contributed by atoms with Gasteiger partial charge in [0.15, 0.2) is 6.61 Å². The first-order valence-corrected chi connectivity index (χ1v) is 7.20. The van der Waals surface area contributed by atoms with Crippen molar-refractivity contribution in [3.8, 4) is 5.75 Å². The number of nitrogens with one attached hydrogen (secondary N) is 2. The molecule has 0 spiro atoms. The average Bonchev–Trinajstić information content (AvgIpc) is 2.57. The van der Waals surface area contributed by atoms with Gasteiger partial charge in [0.05, 0.1) is 12.8 Å². The highest BCUT2D eigenvalue weighted by molar-refractivity contribution is 5.84. The minimum Gasteiger partial charge on any atom is -0.481 e. The van der Waals surface area contributed by atoms with Gasteiger partial charge in [0.25, 0.3) is 5.56 Å². The van der Waals surface area contributed by atoms with Crippen LogP contribution < -0.4 is 15.7 Å². The van der Waals surface area contributed by atoms with Crippen LogP contribution in [0.4, 0.5) is 5.95 Å². The number of hydrogen-bond donors (Lipinski definition) is 2. The Hall–Kier alpha value is -3.23. The van der Waals surface area contributed by atoms with Crippen LogP contribution in [0.1, 0.15) is 18.2 Å². The molecule has 1 aromatic carbocycles. The normalized spacial score (nSPS) is 10.6. The number of anilines is 1. The van der Waals surface area contributed by atoms with E-state index in [0.29, 0.717) is 17.9 Å². The Kier molecular flexibility index (Phi) is 6.01. The van der Waals surface area contributed by atoms with Crippen molar-refractivity contribution in [1.82, 2.24) is 15.2 Å².